The minimum atomic E-state index is 0. The molecule has 13 heavy (non-hydrogen) atoms. The van der Waals surface area contributed by atoms with Crippen LogP contribution in [0.2, 0.25) is 0 Å². The van der Waals surface area contributed by atoms with E-state index in [0.717, 1.165) is 12.8 Å². The van der Waals surface area contributed by atoms with Crippen molar-refractivity contribution in [2.45, 2.75) is 12.8 Å². The van der Waals surface area contributed by atoms with E-state index >= 15 is 0 Å². The van der Waals surface area contributed by atoms with Crippen LogP contribution in [0.1, 0.15) is 12.8 Å². The summed E-state index contributed by atoms with van der Waals surface area (Å²) in [5.41, 5.74) is 0. The molecule has 0 saturated carbocycles. The van der Waals surface area contributed by atoms with Gasteiger partial charge in [0, 0.05) is 0 Å². The van der Waals surface area contributed by atoms with E-state index in [1.165, 1.54) is 20.6 Å². The van der Waals surface area contributed by atoms with Crippen molar-refractivity contribution in [3.05, 3.63) is 56.0 Å². The fraction of sp³-hybridized carbons (Fsp3) is 0.167. The summed E-state index contributed by atoms with van der Waals surface area (Å²) >= 11 is 1.19. The smallest absolute Gasteiger partial charge is 0.358 e. The van der Waals surface area contributed by atoms with Gasteiger partial charge < -0.3 is 7.43 Å². The van der Waals surface area contributed by atoms with Gasteiger partial charge in [0.1, 0.15) is 0 Å². The molecule has 0 unspecified atom stereocenters. The monoisotopic (exact) mass is 340 g/mol. The van der Waals surface area contributed by atoms with Gasteiger partial charge in [0.15, 0.2) is 0 Å². The van der Waals surface area contributed by atoms with Crippen molar-refractivity contribution in [1.29, 1.82) is 0 Å². The Kier molecular flexibility index (Phi) is 16.4. The first-order valence-electron chi connectivity index (χ1n) is 3.75. The number of hydrogen-bond acceptors (Lipinski definition) is 0. The Labute approximate surface area is 94.2 Å². The molecule has 0 aromatic heterocycles. The number of rotatable bonds is 0. The molecule has 0 radical (unpaired) electrons. The van der Waals surface area contributed by atoms with E-state index in [9.17, 15) is 0 Å². The molecule has 2 aliphatic carbocycles. The van der Waals surface area contributed by atoms with Crippen LogP contribution in [0, 0.1) is 19.6 Å². The third-order valence-electron chi connectivity index (χ3n) is 1.17. The van der Waals surface area contributed by atoms with E-state index in [1.807, 2.05) is 24.3 Å². The molecule has 0 spiro atoms. The van der Waals surface area contributed by atoms with Crippen LogP contribution >= 0.6 is 0 Å². The second-order valence-corrected chi connectivity index (χ2v) is 2.01. The zero-order valence-electron chi connectivity index (χ0n) is 8.03. The standard InChI is InChI=1S/2C5H5.CH3.CH2.Ta/c2*1-2-4-5-3-1;;;/h2*1-3H,4H2;1H3;1H2;/q3*-1;;. The molecule has 0 aromatic carbocycles. The summed E-state index contributed by atoms with van der Waals surface area (Å²) in [6.45, 7) is 0. The third kappa shape index (κ3) is 11.6. The van der Waals surface area contributed by atoms with E-state index in [2.05, 4.69) is 29.0 Å². The van der Waals surface area contributed by atoms with Gasteiger partial charge in [-0.05, 0) is 0 Å². The molecular weight excluding hydrogens is 325 g/mol. The molecule has 0 amide bonds. The molecule has 0 N–H and O–H groups in total. The van der Waals surface area contributed by atoms with Gasteiger partial charge in [-0.1, -0.05) is 0 Å². The predicted molar refractivity (Wildman–Crippen MR) is 56.7 cm³/mol. The Hall–Kier alpha value is -0.430. The van der Waals surface area contributed by atoms with Gasteiger partial charge in [-0.15, -0.1) is 12.8 Å². The average molecular weight is 340 g/mol. The summed E-state index contributed by atoms with van der Waals surface area (Å²) in [5.74, 6) is 0. The third-order valence-corrected chi connectivity index (χ3v) is 1.17. The quantitative estimate of drug-likeness (QED) is 0.595. The molecule has 0 nitrogen and oxygen atoms in total. The summed E-state index contributed by atoms with van der Waals surface area (Å²) in [4.78, 5) is 0. The molecule has 0 heterocycles. The first-order chi connectivity index (χ1) is 6.00. The summed E-state index contributed by atoms with van der Waals surface area (Å²) < 4.78 is 3.36. The number of hydrogen-bond donors (Lipinski definition) is 0. The van der Waals surface area contributed by atoms with Gasteiger partial charge in [0.2, 0.25) is 0 Å². The van der Waals surface area contributed by atoms with Crippen molar-refractivity contribution in [1.82, 2.24) is 0 Å². The van der Waals surface area contributed by atoms with Crippen LogP contribution in [0.4, 0.5) is 0 Å². The maximum absolute atomic E-state index is 3.36. The van der Waals surface area contributed by atoms with Gasteiger partial charge >= 0.3 is 25.3 Å². The molecule has 0 aromatic rings. The second-order valence-electron chi connectivity index (χ2n) is 2.01. The van der Waals surface area contributed by atoms with Crippen LogP contribution in [0.3, 0.4) is 0 Å². The molecule has 0 aliphatic heterocycles. The second kappa shape index (κ2) is 14.1. The van der Waals surface area contributed by atoms with Crippen LogP contribution in [0.25, 0.3) is 0 Å². The Balaban J connectivity index is 0. The molecule has 0 bridgehead atoms. The van der Waals surface area contributed by atoms with Crippen molar-refractivity contribution in [2.75, 3.05) is 0 Å². The van der Waals surface area contributed by atoms with E-state index < -0.39 is 0 Å². The average Bonchev–Trinajstić information content (AvgIpc) is 2.87. The fourth-order valence-electron chi connectivity index (χ4n) is 0.680. The molecule has 0 atom stereocenters. The van der Waals surface area contributed by atoms with Crippen molar-refractivity contribution in [2.24, 2.45) is 0 Å². The van der Waals surface area contributed by atoms with Crippen molar-refractivity contribution >= 4 is 4.73 Å². The SMILES string of the molecule is [C-]1=CC=CC1.[C-]1=CC=CC1.[CH2]=[Ta].[CH3-]. The van der Waals surface area contributed by atoms with E-state index in [-0.39, 0.29) is 7.43 Å². The van der Waals surface area contributed by atoms with Crippen molar-refractivity contribution < 1.29 is 20.6 Å². The molecule has 1 heteroatoms. The van der Waals surface area contributed by atoms with E-state index in [0.29, 0.717) is 0 Å². The Morgan fingerprint density at radius 3 is 1.38 bits per heavy atom. The first kappa shape index (κ1) is 15.1. The van der Waals surface area contributed by atoms with Crippen molar-refractivity contribution in [3.63, 3.8) is 0 Å². The van der Waals surface area contributed by atoms with Crippen LogP contribution in [0.5, 0.6) is 0 Å². The van der Waals surface area contributed by atoms with E-state index in [1.54, 1.807) is 0 Å². The minimum absolute atomic E-state index is 0. The van der Waals surface area contributed by atoms with Gasteiger partial charge in [-0.3, -0.25) is 12.2 Å². The molecule has 2 rings (SSSR count). The zero-order chi connectivity index (χ0) is 9.07. The van der Waals surface area contributed by atoms with Crippen LogP contribution in [-0.2, 0) is 20.6 Å². The van der Waals surface area contributed by atoms with Crippen LogP contribution in [-0.4, -0.2) is 4.73 Å². The van der Waals surface area contributed by atoms with Gasteiger partial charge in [-0.2, -0.15) is 12.2 Å². The normalized spacial score (nSPS) is 13.8. The largest absolute Gasteiger partial charge is 0.358 e. The van der Waals surface area contributed by atoms with E-state index in [4.69, 9.17) is 0 Å². The summed E-state index contributed by atoms with van der Waals surface area (Å²) in [6.07, 6.45) is 20.0. The topological polar surface area (TPSA) is 0 Å². The molecule has 0 saturated heterocycles. The predicted octanol–water partition coefficient (Wildman–Crippen LogP) is 3.03. The summed E-state index contributed by atoms with van der Waals surface area (Å²) in [7, 11) is 0. The maximum Gasteiger partial charge on any atom is -0.358 e. The summed E-state index contributed by atoms with van der Waals surface area (Å²) in [5, 5.41) is 0. The molecular formula is C12H15Ta-3. The molecule has 71 valence electrons. The Morgan fingerprint density at radius 1 is 0.923 bits per heavy atom. The van der Waals surface area contributed by atoms with Crippen LogP contribution in [0.15, 0.2) is 36.5 Å². The van der Waals surface area contributed by atoms with Crippen LogP contribution < -0.4 is 0 Å². The Bertz CT molecular complexity index is 155. The first-order valence-corrected chi connectivity index (χ1v) is 6.02. The minimum Gasteiger partial charge on any atom is -0.358 e. The summed E-state index contributed by atoms with van der Waals surface area (Å²) in [6, 6.07) is 0. The number of allylic oxidation sites excluding steroid dienone is 8. The molecule has 2 aliphatic rings. The fourth-order valence-corrected chi connectivity index (χ4v) is 0.680. The van der Waals surface area contributed by atoms with Gasteiger partial charge in [0.25, 0.3) is 0 Å². The van der Waals surface area contributed by atoms with Crippen molar-refractivity contribution in [3.8, 4) is 0 Å². The molecule has 0 fully saturated rings. The van der Waals surface area contributed by atoms with Gasteiger partial charge in [0.05, 0.1) is 0 Å². The van der Waals surface area contributed by atoms with Gasteiger partial charge in [-0.25, -0.2) is 24.3 Å². The maximum atomic E-state index is 3.36. The Morgan fingerprint density at radius 2 is 1.31 bits per heavy atom. The zero-order valence-corrected chi connectivity index (χ0v) is 11.2.